The molecule has 0 bridgehead atoms. The van der Waals surface area contributed by atoms with E-state index in [-0.39, 0.29) is 18.1 Å². The van der Waals surface area contributed by atoms with Crippen LogP contribution in [0.2, 0.25) is 0 Å². The summed E-state index contributed by atoms with van der Waals surface area (Å²) in [6.07, 6.45) is 8.99. The Morgan fingerprint density at radius 3 is 2.48 bits per heavy atom. The summed E-state index contributed by atoms with van der Waals surface area (Å²) in [7, 11) is 0. The molecule has 3 aliphatic heterocycles. The van der Waals surface area contributed by atoms with Gasteiger partial charge in [-0.05, 0) is 58.5 Å². The van der Waals surface area contributed by atoms with E-state index in [9.17, 15) is 4.79 Å². The summed E-state index contributed by atoms with van der Waals surface area (Å²) >= 11 is 0. The SMILES string of the molecule is C[C@@H](C(=O)NC[C@H]1CCCO1)N1CCC(N2CCCCC2)CC1. The van der Waals surface area contributed by atoms with E-state index in [1.165, 1.54) is 45.2 Å². The monoisotopic (exact) mass is 323 g/mol. The Bertz CT molecular complexity index is 370. The van der Waals surface area contributed by atoms with E-state index in [4.69, 9.17) is 4.74 Å². The number of piperidine rings is 2. The second-order valence-corrected chi connectivity index (χ2v) is 7.42. The van der Waals surface area contributed by atoms with Crippen LogP contribution in [0, 0.1) is 0 Å². The molecule has 0 saturated carbocycles. The zero-order valence-electron chi connectivity index (χ0n) is 14.6. The maximum absolute atomic E-state index is 12.4. The smallest absolute Gasteiger partial charge is 0.237 e. The fourth-order valence-corrected chi connectivity index (χ4v) is 4.26. The first-order valence-electron chi connectivity index (χ1n) is 9.61. The number of likely N-dealkylation sites (tertiary alicyclic amines) is 2. The predicted octanol–water partition coefficient (Wildman–Crippen LogP) is 1.62. The Kier molecular flexibility index (Phi) is 6.31. The van der Waals surface area contributed by atoms with E-state index < -0.39 is 0 Å². The van der Waals surface area contributed by atoms with Gasteiger partial charge < -0.3 is 15.0 Å². The molecule has 3 fully saturated rings. The molecule has 0 aromatic rings. The zero-order chi connectivity index (χ0) is 16.1. The maximum atomic E-state index is 12.4. The quantitative estimate of drug-likeness (QED) is 0.835. The third-order valence-electron chi connectivity index (χ3n) is 5.86. The van der Waals surface area contributed by atoms with Gasteiger partial charge in [0.2, 0.25) is 5.91 Å². The minimum Gasteiger partial charge on any atom is -0.376 e. The summed E-state index contributed by atoms with van der Waals surface area (Å²) in [6, 6.07) is 0.729. The number of amides is 1. The third kappa shape index (κ3) is 4.68. The average molecular weight is 323 g/mol. The summed E-state index contributed by atoms with van der Waals surface area (Å²) in [6.45, 7) is 8.23. The highest BCUT2D eigenvalue weighted by Gasteiger charge is 2.30. The Hall–Kier alpha value is -0.650. The van der Waals surface area contributed by atoms with Crippen LogP contribution in [0.4, 0.5) is 0 Å². The minimum atomic E-state index is -0.0151. The average Bonchev–Trinajstić information content (AvgIpc) is 3.13. The fourth-order valence-electron chi connectivity index (χ4n) is 4.26. The highest BCUT2D eigenvalue weighted by atomic mass is 16.5. The molecule has 0 aromatic heterocycles. The van der Waals surface area contributed by atoms with Gasteiger partial charge in [-0.1, -0.05) is 6.42 Å². The summed E-state index contributed by atoms with van der Waals surface area (Å²) in [5.41, 5.74) is 0. The number of carbonyl (C=O) groups is 1. The van der Waals surface area contributed by atoms with Crippen LogP contribution in [-0.2, 0) is 9.53 Å². The standard InChI is InChI=1S/C18H33N3O2/c1-15(18(22)19-14-17-6-5-13-23-17)20-11-7-16(8-12-20)21-9-3-2-4-10-21/h15-17H,2-14H2,1H3,(H,19,22)/t15-,17+/m0/s1. The summed E-state index contributed by atoms with van der Waals surface area (Å²) in [5.74, 6) is 0.164. The molecule has 5 nitrogen and oxygen atoms in total. The molecule has 5 heteroatoms. The Morgan fingerprint density at radius 1 is 1.09 bits per heavy atom. The van der Waals surface area contributed by atoms with Gasteiger partial charge in [-0.25, -0.2) is 0 Å². The molecule has 0 aliphatic carbocycles. The second-order valence-electron chi connectivity index (χ2n) is 7.42. The van der Waals surface area contributed by atoms with Gasteiger partial charge in [0.15, 0.2) is 0 Å². The molecule has 1 amide bonds. The molecule has 23 heavy (non-hydrogen) atoms. The van der Waals surface area contributed by atoms with Crippen molar-refractivity contribution in [3.63, 3.8) is 0 Å². The molecule has 1 N–H and O–H groups in total. The molecular formula is C18H33N3O2. The van der Waals surface area contributed by atoms with Crippen LogP contribution in [0.5, 0.6) is 0 Å². The number of nitrogens with zero attached hydrogens (tertiary/aromatic N) is 2. The first kappa shape index (κ1) is 17.2. The summed E-state index contributed by atoms with van der Waals surface area (Å²) in [4.78, 5) is 17.4. The van der Waals surface area contributed by atoms with E-state index in [0.717, 1.165) is 38.6 Å². The van der Waals surface area contributed by atoms with Crippen LogP contribution >= 0.6 is 0 Å². The van der Waals surface area contributed by atoms with Crippen LogP contribution in [0.15, 0.2) is 0 Å². The van der Waals surface area contributed by atoms with Gasteiger partial charge in [-0.15, -0.1) is 0 Å². The van der Waals surface area contributed by atoms with Gasteiger partial charge in [0.25, 0.3) is 0 Å². The Labute approximate surface area is 140 Å². The molecule has 0 aromatic carbocycles. The Morgan fingerprint density at radius 2 is 1.83 bits per heavy atom. The highest BCUT2D eigenvalue weighted by Crippen LogP contribution is 2.22. The van der Waals surface area contributed by atoms with Crippen molar-refractivity contribution in [1.82, 2.24) is 15.1 Å². The van der Waals surface area contributed by atoms with Crippen molar-refractivity contribution in [2.75, 3.05) is 39.3 Å². The molecule has 0 radical (unpaired) electrons. The zero-order valence-corrected chi connectivity index (χ0v) is 14.6. The van der Waals surface area contributed by atoms with Crippen molar-refractivity contribution < 1.29 is 9.53 Å². The van der Waals surface area contributed by atoms with Gasteiger partial charge in [-0.2, -0.15) is 0 Å². The van der Waals surface area contributed by atoms with Crippen molar-refractivity contribution in [1.29, 1.82) is 0 Å². The van der Waals surface area contributed by atoms with Crippen molar-refractivity contribution >= 4 is 5.91 Å². The van der Waals surface area contributed by atoms with Gasteiger partial charge in [0.1, 0.15) is 0 Å². The number of hydrogen-bond donors (Lipinski definition) is 1. The van der Waals surface area contributed by atoms with Crippen molar-refractivity contribution in [2.45, 2.75) is 70.1 Å². The van der Waals surface area contributed by atoms with Crippen LogP contribution in [0.1, 0.15) is 51.9 Å². The van der Waals surface area contributed by atoms with Crippen molar-refractivity contribution in [3.05, 3.63) is 0 Å². The van der Waals surface area contributed by atoms with E-state index in [2.05, 4.69) is 15.1 Å². The summed E-state index contributed by atoms with van der Waals surface area (Å²) < 4.78 is 5.58. The molecule has 132 valence electrons. The van der Waals surface area contributed by atoms with Gasteiger partial charge >= 0.3 is 0 Å². The molecule has 3 rings (SSSR count). The maximum Gasteiger partial charge on any atom is 0.237 e. The van der Waals surface area contributed by atoms with Crippen LogP contribution < -0.4 is 5.32 Å². The van der Waals surface area contributed by atoms with Crippen molar-refractivity contribution in [2.24, 2.45) is 0 Å². The first-order valence-corrected chi connectivity index (χ1v) is 9.61. The Balaban J connectivity index is 1.38. The second kappa shape index (κ2) is 8.45. The van der Waals surface area contributed by atoms with Crippen LogP contribution in [-0.4, -0.2) is 73.2 Å². The molecule has 3 heterocycles. The van der Waals surface area contributed by atoms with Gasteiger partial charge in [-0.3, -0.25) is 9.69 Å². The summed E-state index contributed by atoms with van der Waals surface area (Å²) in [5, 5.41) is 3.08. The normalized spacial score (nSPS) is 29.5. The lowest BCUT2D eigenvalue weighted by Crippen LogP contribution is -2.52. The lowest BCUT2D eigenvalue weighted by atomic mass is 9.99. The van der Waals surface area contributed by atoms with Crippen LogP contribution in [0.25, 0.3) is 0 Å². The number of rotatable bonds is 5. The first-order chi connectivity index (χ1) is 11.2. The minimum absolute atomic E-state index is 0.0151. The topological polar surface area (TPSA) is 44.8 Å². The number of carbonyl (C=O) groups excluding carboxylic acids is 1. The molecule has 3 aliphatic rings. The van der Waals surface area contributed by atoms with Crippen LogP contribution in [0.3, 0.4) is 0 Å². The molecule has 2 atom stereocenters. The number of nitrogens with one attached hydrogen (secondary N) is 1. The fraction of sp³-hybridized carbons (Fsp3) is 0.944. The number of hydrogen-bond acceptors (Lipinski definition) is 4. The lowest BCUT2D eigenvalue weighted by molar-refractivity contribution is -0.127. The molecule has 3 saturated heterocycles. The highest BCUT2D eigenvalue weighted by molar-refractivity contribution is 5.81. The van der Waals surface area contributed by atoms with E-state index in [1.54, 1.807) is 0 Å². The predicted molar refractivity (Wildman–Crippen MR) is 91.5 cm³/mol. The largest absolute Gasteiger partial charge is 0.376 e. The molecule has 0 spiro atoms. The molecular weight excluding hydrogens is 290 g/mol. The van der Waals surface area contributed by atoms with E-state index in [1.807, 2.05) is 6.92 Å². The van der Waals surface area contributed by atoms with Gasteiger partial charge in [0, 0.05) is 32.3 Å². The number of ether oxygens (including phenoxy) is 1. The van der Waals surface area contributed by atoms with E-state index in [0.29, 0.717) is 6.54 Å². The van der Waals surface area contributed by atoms with Crippen molar-refractivity contribution in [3.8, 4) is 0 Å². The molecule has 0 unspecified atom stereocenters. The van der Waals surface area contributed by atoms with E-state index >= 15 is 0 Å². The lowest BCUT2D eigenvalue weighted by Gasteiger charge is -2.41. The third-order valence-corrected chi connectivity index (χ3v) is 5.86. The van der Waals surface area contributed by atoms with Gasteiger partial charge in [0.05, 0.1) is 12.1 Å².